The second-order valence-corrected chi connectivity index (χ2v) is 7.30. The van der Waals surface area contributed by atoms with E-state index in [1.807, 2.05) is 12.1 Å². The second-order valence-electron chi connectivity index (χ2n) is 7.30. The lowest BCUT2D eigenvalue weighted by Gasteiger charge is -2.48. The maximum Gasteiger partial charge on any atom is 0.118 e. The number of ether oxygens (including phenoxy) is 1. The molecular weight excluding hydrogens is 260 g/mol. The summed E-state index contributed by atoms with van der Waals surface area (Å²) < 4.78 is 5.22. The van der Waals surface area contributed by atoms with E-state index in [0.717, 1.165) is 18.8 Å². The highest BCUT2D eigenvalue weighted by atomic mass is 16.5. The van der Waals surface area contributed by atoms with Crippen LogP contribution in [-0.4, -0.2) is 31.1 Å². The highest BCUT2D eigenvalue weighted by Crippen LogP contribution is 2.42. The van der Waals surface area contributed by atoms with Crippen LogP contribution in [-0.2, 0) is 6.54 Å². The van der Waals surface area contributed by atoms with Gasteiger partial charge in [-0.2, -0.15) is 0 Å². The summed E-state index contributed by atoms with van der Waals surface area (Å²) in [7, 11) is 3.92. The highest BCUT2D eigenvalue weighted by Gasteiger charge is 2.40. The lowest BCUT2D eigenvalue weighted by Crippen LogP contribution is -2.54. The molecular formula is C18H30N2O. The third-order valence-corrected chi connectivity index (χ3v) is 5.30. The van der Waals surface area contributed by atoms with Gasteiger partial charge in [-0.05, 0) is 55.8 Å². The van der Waals surface area contributed by atoms with Crippen molar-refractivity contribution in [2.75, 3.05) is 20.7 Å². The fourth-order valence-corrected chi connectivity index (χ4v) is 3.31. The van der Waals surface area contributed by atoms with Gasteiger partial charge in [0.25, 0.3) is 0 Å². The smallest absolute Gasteiger partial charge is 0.118 e. The maximum atomic E-state index is 6.17. The maximum absolute atomic E-state index is 6.17. The fourth-order valence-electron chi connectivity index (χ4n) is 3.31. The minimum atomic E-state index is 0.162. The summed E-state index contributed by atoms with van der Waals surface area (Å²) >= 11 is 0. The number of hydrogen-bond acceptors (Lipinski definition) is 3. The van der Waals surface area contributed by atoms with Gasteiger partial charge in [0, 0.05) is 18.6 Å². The van der Waals surface area contributed by atoms with Crippen LogP contribution in [0.4, 0.5) is 0 Å². The van der Waals surface area contributed by atoms with Crippen LogP contribution < -0.4 is 10.5 Å². The van der Waals surface area contributed by atoms with Crippen LogP contribution in [0, 0.1) is 5.41 Å². The molecule has 1 aromatic carbocycles. The number of likely N-dealkylation sites (N-methyl/N-ethyl adjacent to an activating group) is 1. The molecule has 3 heteroatoms. The molecule has 21 heavy (non-hydrogen) atoms. The van der Waals surface area contributed by atoms with Crippen molar-refractivity contribution in [1.29, 1.82) is 0 Å². The molecule has 1 aromatic rings. The Morgan fingerprint density at radius 3 is 2.14 bits per heavy atom. The van der Waals surface area contributed by atoms with E-state index in [2.05, 4.69) is 37.9 Å². The average Bonchev–Trinajstić information content (AvgIpc) is 2.48. The van der Waals surface area contributed by atoms with Gasteiger partial charge in [-0.1, -0.05) is 26.0 Å². The summed E-state index contributed by atoms with van der Waals surface area (Å²) in [4.78, 5) is 2.46. The zero-order valence-electron chi connectivity index (χ0n) is 14.0. The van der Waals surface area contributed by atoms with Gasteiger partial charge in [0.2, 0.25) is 0 Å². The van der Waals surface area contributed by atoms with Gasteiger partial charge in [-0.3, -0.25) is 4.90 Å². The number of benzene rings is 1. The molecule has 118 valence electrons. The minimum absolute atomic E-state index is 0.162. The van der Waals surface area contributed by atoms with Crippen molar-refractivity contribution < 1.29 is 4.74 Å². The monoisotopic (exact) mass is 290 g/mol. The highest BCUT2D eigenvalue weighted by molar-refractivity contribution is 5.27. The van der Waals surface area contributed by atoms with Crippen LogP contribution >= 0.6 is 0 Å². The van der Waals surface area contributed by atoms with E-state index in [1.54, 1.807) is 7.11 Å². The van der Waals surface area contributed by atoms with Crippen LogP contribution in [0.25, 0.3) is 0 Å². The Hall–Kier alpha value is -1.06. The quantitative estimate of drug-likeness (QED) is 0.903. The first-order valence-electron chi connectivity index (χ1n) is 7.95. The van der Waals surface area contributed by atoms with Crippen LogP contribution in [0.2, 0.25) is 0 Å². The van der Waals surface area contributed by atoms with Crippen LogP contribution in [0.1, 0.15) is 45.1 Å². The molecule has 0 amide bonds. The zero-order chi connectivity index (χ0) is 15.5. The molecule has 0 unspecified atom stereocenters. The Bertz CT molecular complexity index is 443. The molecule has 0 radical (unpaired) electrons. The Balaban J connectivity index is 2.04. The van der Waals surface area contributed by atoms with Crippen molar-refractivity contribution in [3.63, 3.8) is 0 Å². The first-order chi connectivity index (χ1) is 9.91. The van der Waals surface area contributed by atoms with Gasteiger partial charge >= 0.3 is 0 Å². The van der Waals surface area contributed by atoms with Crippen molar-refractivity contribution >= 4 is 0 Å². The van der Waals surface area contributed by atoms with E-state index in [1.165, 1.54) is 31.2 Å². The predicted molar refractivity (Wildman–Crippen MR) is 88.5 cm³/mol. The molecule has 0 atom stereocenters. The molecule has 0 saturated heterocycles. The molecule has 0 heterocycles. The van der Waals surface area contributed by atoms with E-state index in [4.69, 9.17) is 10.5 Å². The van der Waals surface area contributed by atoms with Gasteiger partial charge in [-0.25, -0.2) is 0 Å². The molecule has 0 spiro atoms. The average molecular weight is 290 g/mol. The first-order valence-corrected chi connectivity index (χ1v) is 7.95. The molecule has 0 aliphatic heterocycles. The second kappa shape index (κ2) is 6.37. The van der Waals surface area contributed by atoms with Gasteiger partial charge in [0.05, 0.1) is 7.11 Å². The SMILES string of the molecule is COc1ccc(CN(C)C2(CN)CCC(C)(C)CC2)cc1. The largest absolute Gasteiger partial charge is 0.497 e. The van der Waals surface area contributed by atoms with Crippen LogP contribution in [0.3, 0.4) is 0 Å². The molecule has 2 N–H and O–H groups in total. The molecule has 0 bridgehead atoms. The van der Waals surface area contributed by atoms with Crippen molar-refractivity contribution in [3.05, 3.63) is 29.8 Å². The van der Waals surface area contributed by atoms with Crippen LogP contribution in [0.5, 0.6) is 5.75 Å². The molecule has 3 nitrogen and oxygen atoms in total. The normalized spacial score (nSPS) is 20.5. The van der Waals surface area contributed by atoms with Gasteiger partial charge in [0.1, 0.15) is 5.75 Å². The van der Waals surface area contributed by atoms with Gasteiger partial charge in [0.15, 0.2) is 0 Å². The predicted octanol–water partition coefficient (Wildman–Crippen LogP) is 3.42. The van der Waals surface area contributed by atoms with Crippen molar-refractivity contribution in [1.82, 2.24) is 4.90 Å². The summed E-state index contributed by atoms with van der Waals surface area (Å²) in [6.45, 7) is 6.44. The standard InChI is InChI=1S/C18H30N2O/c1-17(2)9-11-18(14-19,12-10-17)20(3)13-15-5-7-16(21-4)8-6-15/h5-8H,9-14,19H2,1-4H3. The lowest BCUT2D eigenvalue weighted by atomic mass is 9.68. The summed E-state index contributed by atoms with van der Waals surface area (Å²) in [6, 6.07) is 8.35. The Kier molecular flexibility index (Phi) is 4.95. The molecule has 1 aliphatic carbocycles. The van der Waals surface area contributed by atoms with Gasteiger partial charge < -0.3 is 10.5 Å². The fraction of sp³-hybridized carbons (Fsp3) is 0.667. The summed E-state index contributed by atoms with van der Waals surface area (Å²) in [6.07, 6.45) is 4.92. The molecule has 1 aliphatic rings. The van der Waals surface area contributed by atoms with Crippen molar-refractivity contribution in [3.8, 4) is 5.75 Å². The summed E-state index contributed by atoms with van der Waals surface area (Å²) in [5, 5.41) is 0. The Morgan fingerprint density at radius 2 is 1.67 bits per heavy atom. The lowest BCUT2D eigenvalue weighted by molar-refractivity contribution is 0.0364. The van der Waals surface area contributed by atoms with Gasteiger partial charge in [-0.15, -0.1) is 0 Å². The van der Waals surface area contributed by atoms with E-state index in [0.29, 0.717) is 5.41 Å². The Labute approximate surface area is 129 Å². The molecule has 2 rings (SSSR count). The third kappa shape index (κ3) is 3.78. The topological polar surface area (TPSA) is 38.5 Å². The van der Waals surface area contributed by atoms with E-state index in [-0.39, 0.29) is 5.54 Å². The molecule has 1 fully saturated rings. The van der Waals surface area contributed by atoms with Crippen LogP contribution in [0.15, 0.2) is 24.3 Å². The number of nitrogens with two attached hydrogens (primary N) is 1. The summed E-state index contributed by atoms with van der Waals surface area (Å²) in [5.74, 6) is 0.911. The first kappa shape index (κ1) is 16.3. The third-order valence-electron chi connectivity index (χ3n) is 5.30. The minimum Gasteiger partial charge on any atom is -0.497 e. The summed E-state index contributed by atoms with van der Waals surface area (Å²) in [5.41, 5.74) is 8.12. The van der Waals surface area contributed by atoms with Crippen molar-refractivity contribution in [2.45, 2.75) is 51.6 Å². The zero-order valence-corrected chi connectivity index (χ0v) is 14.0. The Morgan fingerprint density at radius 1 is 1.10 bits per heavy atom. The number of rotatable bonds is 5. The number of hydrogen-bond donors (Lipinski definition) is 1. The molecule has 0 aromatic heterocycles. The number of methoxy groups -OCH3 is 1. The molecule has 1 saturated carbocycles. The van der Waals surface area contributed by atoms with E-state index in [9.17, 15) is 0 Å². The van der Waals surface area contributed by atoms with E-state index >= 15 is 0 Å². The van der Waals surface area contributed by atoms with E-state index < -0.39 is 0 Å². The number of nitrogens with zero attached hydrogens (tertiary/aromatic N) is 1. The van der Waals surface area contributed by atoms with Crippen molar-refractivity contribution in [2.24, 2.45) is 11.1 Å².